The van der Waals surface area contributed by atoms with Crippen molar-refractivity contribution >= 4 is 63.8 Å². The topological polar surface area (TPSA) is 237 Å². The molecule has 0 radical (unpaired) electrons. The molecule has 8 rings (SSSR count). The number of amides is 5. The molecule has 4 aromatic rings. The van der Waals surface area contributed by atoms with Crippen LogP contribution in [0, 0.1) is 6.92 Å². The van der Waals surface area contributed by atoms with Gasteiger partial charge in [0.15, 0.2) is 12.4 Å². The highest BCUT2D eigenvalue weighted by Crippen LogP contribution is 2.34. The van der Waals surface area contributed by atoms with E-state index in [-0.39, 0.29) is 65.8 Å². The van der Waals surface area contributed by atoms with E-state index < -0.39 is 42.2 Å². The van der Waals surface area contributed by atoms with Crippen molar-refractivity contribution in [2.75, 3.05) is 82.5 Å². The number of ether oxygens (including phenoxy) is 3. The molecule has 1 atom stereocenters. The summed E-state index contributed by atoms with van der Waals surface area (Å²) in [5.74, 6) is -2.31. The monoisotopic (exact) mass is 892 g/mol. The third-order valence-electron chi connectivity index (χ3n) is 12.3. The molecule has 1 aliphatic carbocycles. The Morgan fingerprint density at radius 3 is 2.37 bits per heavy atom. The number of carbonyl (C=O) groups is 6. The van der Waals surface area contributed by atoms with E-state index in [1.165, 1.54) is 25.1 Å². The van der Waals surface area contributed by atoms with Crippen LogP contribution in [0.1, 0.15) is 88.1 Å². The van der Waals surface area contributed by atoms with Crippen LogP contribution in [-0.4, -0.2) is 143 Å². The lowest BCUT2D eigenvalue weighted by atomic mass is 10.0. The maximum Gasteiger partial charge on any atom is 0.266 e. The minimum absolute atomic E-state index is 0.00437. The molecule has 1 saturated carbocycles. The molecule has 0 spiro atoms. The third-order valence-corrected chi connectivity index (χ3v) is 12.3. The van der Waals surface area contributed by atoms with Gasteiger partial charge in [-0.15, -0.1) is 0 Å². The molecule has 6 heterocycles. The number of anilines is 3. The van der Waals surface area contributed by atoms with Crippen molar-refractivity contribution in [3.63, 3.8) is 0 Å². The van der Waals surface area contributed by atoms with Gasteiger partial charge in [-0.05, 0) is 62.9 Å². The van der Waals surface area contributed by atoms with Gasteiger partial charge in [0.2, 0.25) is 17.8 Å². The number of imide groups is 2. The molecule has 65 heavy (non-hydrogen) atoms. The number of aryl methyl sites for hydroxylation is 1. The van der Waals surface area contributed by atoms with Crippen LogP contribution in [0.4, 0.5) is 17.5 Å². The van der Waals surface area contributed by atoms with E-state index in [9.17, 15) is 33.6 Å². The number of fused-ring (bicyclic) bond motifs is 2. The second-order valence-electron chi connectivity index (χ2n) is 16.4. The molecule has 20 nitrogen and oxygen atoms in total. The van der Waals surface area contributed by atoms with Gasteiger partial charge in [-0.2, -0.15) is 4.98 Å². The quantitative estimate of drug-likeness (QED) is 0.0738. The predicted octanol–water partition coefficient (Wildman–Crippen LogP) is 2.31. The zero-order valence-electron chi connectivity index (χ0n) is 36.4. The van der Waals surface area contributed by atoms with Gasteiger partial charge in [0.05, 0.1) is 55.0 Å². The standard InChI is InChI=1S/C45H52N10O10/c1-27-32-25-48-45(51-40(32)54(29-6-3-4-7-29)43(61)38(27)28(2)56)49-35-12-10-30(24-47-35)53-17-15-52(16-18-53)19-21-64-23-22-63-20-14-46-37(58)26-65-34-9-5-8-31-39(34)44(62)55(42(31)60)33-11-13-36(57)50-41(33)59/h5,8-10,12,24-25,29,33H,3-4,6-7,11,13-23,26H2,1-2H3,(H,46,58)(H,50,57,59)(H,47,48,49,51). The Bertz CT molecular complexity index is 2550. The molecule has 0 bridgehead atoms. The van der Waals surface area contributed by atoms with Crippen LogP contribution in [0.25, 0.3) is 11.0 Å². The molecule has 3 aromatic heterocycles. The first-order chi connectivity index (χ1) is 31.5. The third kappa shape index (κ3) is 9.88. The van der Waals surface area contributed by atoms with Crippen molar-refractivity contribution in [3.8, 4) is 5.75 Å². The number of benzene rings is 1. The fraction of sp³-hybridized carbons (Fsp3) is 0.467. The molecule has 342 valence electrons. The number of piperidine rings is 1. The van der Waals surface area contributed by atoms with E-state index in [0.29, 0.717) is 48.2 Å². The predicted molar refractivity (Wildman–Crippen MR) is 235 cm³/mol. The average Bonchev–Trinajstić information content (AvgIpc) is 3.91. The van der Waals surface area contributed by atoms with E-state index in [1.807, 2.05) is 18.3 Å². The maximum atomic E-state index is 13.6. The van der Waals surface area contributed by atoms with Gasteiger partial charge in [-0.3, -0.25) is 53.2 Å². The van der Waals surface area contributed by atoms with Crippen molar-refractivity contribution in [2.24, 2.45) is 0 Å². The summed E-state index contributed by atoms with van der Waals surface area (Å²) in [7, 11) is 0. The molecule has 4 aliphatic rings. The molecule has 2 saturated heterocycles. The van der Waals surface area contributed by atoms with E-state index in [1.54, 1.807) is 17.7 Å². The minimum Gasteiger partial charge on any atom is -0.483 e. The summed E-state index contributed by atoms with van der Waals surface area (Å²) in [6, 6.07) is 7.24. The van der Waals surface area contributed by atoms with Crippen LogP contribution in [-0.2, 0) is 23.9 Å². The number of nitrogens with one attached hydrogen (secondary N) is 3. The van der Waals surface area contributed by atoms with Crippen molar-refractivity contribution in [2.45, 2.75) is 64.5 Å². The second kappa shape index (κ2) is 20.0. The Labute approximate surface area is 374 Å². The van der Waals surface area contributed by atoms with Gasteiger partial charge >= 0.3 is 0 Å². The highest BCUT2D eigenvalue weighted by molar-refractivity contribution is 6.24. The van der Waals surface area contributed by atoms with Crippen molar-refractivity contribution in [1.29, 1.82) is 0 Å². The lowest BCUT2D eigenvalue weighted by Crippen LogP contribution is -2.54. The average molecular weight is 893 g/mol. The highest BCUT2D eigenvalue weighted by Gasteiger charge is 2.46. The summed E-state index contributed by atoms with van der Waals surface area (Å²) in [6.45, 7) is 8.74. The normalized spacial score (nSPS) is 18.0. The number of hydrogen-bond donors (Lipinski definition) is 3. The van der Waals surface area contributed by atoms with Crippen LogP contribution in [0.3, 0.4) is 0 Å². The van der Waals surface area contributed by atoms with Gasteiger partial charge < -0.3 is 29.7 Å². The number of Topliss-reactive ketones (excluding diaryl/α,β-unsaturated/α-hetero) is 1. The van der Waals surface area contributed by atoms with E-state index >= 15 is 0 Å². The zero-order chi connectivity index (χ0) is 45.6. The Hall–Kier alpha value is -6.64. The number of hydrogen-bond acceptors (Lipinski definition) is 16. The van der Waals surface area contributed by atoms with Crippen molar-refractivity contribution in [1.82, 2.24) is 40.0 Å². The second-order valence-corrected chi connectivity index (χ2v) is 16.4. The number of rotatable bonds is 18. The maximum absolute atomic E-state index is 13.6. The molecular weight excluding hydrogens is 841 g/mol. The Balaban J connectivity index is 0.702. The van der Waals surface area contributed by atoms with Crippen LogP contribution in [0.5, 0.6) is 5.75 Å². The summed E-state index contributed by atoms with van der Waals surface area (Å²) in [4.78, 5) is 108. The number of carbonyl (C=O) groups excluding carboxylic acids is 6. The van der Waals surface area contributed by atoms with Gasteiger partial charge in [-0.1, -0.05) is 18.9 Å². The van der Waals surface area contributed by atoms with E-state index in [2.05, 4.69) is 35.7 Å². The van der Waals surface area contributed by atoms with Gasteiger partial charge in [-0.25, -0.2) is 9.97 Å². The van der Waals surface area contributed by atoms with Crippen molar-refractivity contribution < 1.29 is 43.0 Å². The zero-order valence-corrected chi connectivity index (χ0v) is 36.4. The lowest BCUT2D eigenvalue weighted by Gasteiger charge is -2.35. The lowest BCUT2D eigenvalue weighted by molar-refractivity contribution is -0.136. The summed E-state index contributed by atoms with van der Waals surface area (Å²) in [5.41, 5.74) is 2.08. The van der Waals surface area contributed by atoms with Crippen LogP contribution in [0.15, 0.2) is 47.5 Å². The molecule has 1 unspecified atom stereocenters. The highest BCUT2D eigenvalue weighted by atomic mass is 16.5. The number of nitrogens with zero attached hydrogens (tertiary/aromatic N) is 7. The van der Waals surface area contributed by atoms with Crippen LogP contribution >= 0.6 is 0 Å². The molecule has 3 fully saturated rings. The first-order valence-corrected chi connectivity index (χ1v) is 22.0. The Morgan fingerprint density at radius 2 is 1.65 bits per heavy atom. The first kappa shape index (κ1) is 44.9. The fourth-order valence-corrected chi connectivity index (χ4v) is 8.88. The minimum atomic E-state index is -1.10. The summed E-state index contributed by atoms with van der Waals surface area (Å²) in [5, 5.41) is 8.73. The summed E-state index contributed by atoms with van der Waals surface area (Å²) < 4.78 is 18.7. The van der Waals surface area contributed by atoms with E-state index in [0.717, 1.165) is 69.0 Å². The van der Waals surface area contributed by atoms with Gasteiger partial charge in [0.25, 0.3) is 23.3 Å². The van der Waals surface area contributed by atoms with Gasteiger partial charge in [0.1, 0.15) is 23.3 Å². The Kier molecular flexibility index (Phi) is 13.9. The Morgan fingerprint density at radius 1 is 0.877 bits per heavy atom. The number of pyridine rings is 2. The van der Waals surface area contributed by atoms with Crippen molar-refractivity contribution in [3.05, 3.63) is 75.3 Å². The smallest absolute Gasteiger partial charge is 0.266 e. The number of piperazine rings is 1. The molecule has 1 aromatic carbocycles. The summed E-state index contributed by atoms with van der Waals surface area (Å²) >= 11 is 0. The molecular formula is C45H52N10O10. The fourth-order valence-electron chi connectivity index (χ4n) is 8.88. The molecule has 3 N–H and O–H groups in total. The number of ketones is 1. The SMILES string of the molecule is CC(=O)c1c(C)c2cnc(Nc3ccc(N4CCN(CCOCCOCCNC(=O)COc5cccc6c5C(=O)N(C5CCC(=O)NC5=O)C6=O)CC4)cn3)nc2n(C2CCCC2)c1=O. The molecule has 3 aliphatic heterocycles. The molecule has 20 heteroatoms. The van der Waals surface area contributed by atoms with E-state index in [4.69, 9.17) is 19.2 Å². The first-order valence-electron chi connectivity index (χ1n) is 22.0. The van der Waals surface area contributed by atoms with Gasteiger partial charge in [0, 0.05) is 63.3 Å². The number of aromatic nitrogens is 4. The van der Waals surface area contributed by atoms with Crippen LogP contribution in [0.2, 0.25) is 0 Å². The summed E-state index contributed by atoms with van der Waals surface area (Å²) in [6.07, 6.45) is 7.33. The largest absolute Gasteiger partial charge is 0.483 e. The molecule has 5 amide bonds. The van der Waals surface area contributed by atoms with Crippen LogP contribution < -0.4 is 31.1 Å².